The van der Waals surface area contributed by atoms with Gasteiger partial charge >= 0.3 is 0 Å². The highest BCUT2D eigenvalue weighted by atomic mass is 19.1. The van der Waals surface area contributed by atoms with Crippen LogP contribution >= 0.6 is 0 Å². The molecule has 0 spiro atoms. The van der Waals surface area contributed by atoms with E-state index < -0.39 is 6.04 Å². The van der Waals surface area contributed by atoms with Gasteiger partial charge in [0.1, 0.15) is 5.82 Å². The van der Waals surface area contributed by atoms with Crippen molar-refractivity contribution >= 4 is 5.91 Å². The van der Waals surface area contributed by atoms with Crippen LogP contribution in [0.4, 0.5) is 4.39 Å². The maximum atomic E-state index is 12.8. The summed E-state index contributed by atoms with van der Waals surface area (Å²) in [7, 11) is 0. The van der Waals surface area contributed by atoms with E-state index in [-0.39, 0.29) is 17.8 Å². The van der Waals surface area contributed by atoms with Gasteiger partial charge in [-0.05, 0) is 37.0 Å². The van der Waals surface area contributed by atoms with Gasteiger partial charge in [0.25, 0.3) is 0 Å². The van der Waals surface area contributed by atoms with E-state index in [4.69, 9.17) is 5.73 Å². The van der Waals surface area contributed by atoms with Crippen molar-refractivity contribution in [2.24, 2.45) is 11.7 Å². The molecule has 0 fully saturated rings. The van der Waals surface area contributed by atoms with Gasteiger partial charge in [0, 0.05) is 0 Å². The Hall–Kier alpha value is -1.42. The molecule has 1 amide bonds. The van der Waals surface area contributed by atoms with E-state index in [0.717, 1.165) is 5.56 Å². The predicted molar refractivity (Wildman–Crippen MR) is 70.4 cm³/mol. The minimum Gasteiger partial charge on any atom is -0.348 e. The minimum atomic E-state index is -0.493. The number of halogens is 1. The predicted octanol–water partition coefficient (Wildman–Crippen LogP) is 2.38. The third-order valence-electron chi connectivity index (χ3n) is 2.79. The average Bonchev–Trinajstić information content (AvgIpc) is 2.28. The molecule has 3 nitrogen and oxygen atoms in total. The molecule has 0 aliphatic rings. The molecular weight excluding hydrogens is 231 g/mol. The van der Waals surface area contributed by atoms with Crippen molar-refractivity contribution in [3.8, 4) is 0 Å². The average molecular weight is 252 g/mol. The molecule has 2 atom stereocenters. The highest BCUT2D eigenvalue weighted by Gasteiger charge is 2.17. The monoisotopic (exact) mass is 252 g/mol. The Morgan fingerprint density at radius 2 is 1.83 bits per heavy atom. The van der Waals surface area contributed by atoms with Gasteiger partial charge in [-0.15, -0.1) is 0 Å². The van der Waals surface area contributed by atoms with E-state index in [9.17, 15) is 9.18 Å². The molecule has 0 saturated carbocycles. The maximum absolute atomic E-state index is 12.8. The van der Waals surface area contributed by atoms with Gasteiger partial charge in [-0.25, -0.2) is 4.39 Å². The number of rotatable bonds is 5. The van der Waals surface area contributed by atoms with E-state index in [0.29, 0.717) is 12.3 Å². The van der Waals surface area contributed by atoms with Crippen LogP contribution in [-0.4, -0.2) is 11.9 Å². The van der Waals surface area contributed by atoms with Gasteiger partial charge in [-0.3, -0.25) is 4.79 Å². The second-order valence-corrected chi connectivity index (χ2v) is 5.02. The van der Waals surface area contributed by atoms with Gasteiger partial charge in [-0.1, -0.05) is 26.0 Å². The quantitative estimate of drug-likeness (QED) is 0.845. The summed E-state index contributed by atoms with van der Waals surface area (Å²) in [5.41, 5.74) is 6.66. The molecule has 4 heteroatoms. The van der Waals surface area contributed by atoms with Gasteiger partial charge in [-0.2, -0.15) is 0 Å². The van der Waals surface area contributed by atoms with E-state index in [1.807, 2.05) is 20.8 Å². The van der Waals surface area contributed by atoms with Crippen molar-refractivity contribution < 1.29 is 9.18 Å². The fourth-order valence-electron chi connectivity index (χ4n) is 1.77. The lowest BCUT2D eigenvalue weighted by atomic mass is 10.0. The molecule has 100 valence electrons. The Labute approximate surface area is 108 Å². The standard InChI is InChI=1S/C14H21FN2O/c1-9(2)8-13(16)14(18)17-10(3)11-4-6-12(15)7-5-11/h4-7,9-10,13H,8,16H2,1-3H3,(H,17,18)/t10-,13+/m1/s1. The normalized spacial score (nSPS) is 14.3. The number of nitrogens with two attached hydrogens (primary N) is 1. The van der Waals surface area contributed by atoms with Crippen LogP contribution < -0.4 is 11.1 Å². The molecule has 0 heterocycles. The smallest absolute Gasteiger partial charge is 0.237 e. The van der Waals surface area contributed by atoms with Gasteiger partial charge in [0.2, 0.25) is 5.91 Å². The topological polar surface area (TPSA) is 55.1 Å². The molecule has 18 heavy (non-hydrogen) atoms. The van der Waals surface area contributed by atoms with Crippen molar-refractivity contribution in [1.29, 1.82) is 0 Å². The number of benzene rings is 1. The Morgan fingerprint density at radius 1 is 1.28 bits per heavy atom. The van der Waals surface area contributed by atoms with Gasteiger partial charge in [0.05, 0.1) is 12.1 Å². The van der Waals surface area contributed by atoms with Crippen LogP contribution in [0.5, 0.6) is 0 Å². The van der Waals surface area contributed by atoms with Crippen molar-refractivity contribution in [1.82, 2.24) is 5.32 Å². The molecule has 1 aromatic rings. The molecule has 1 rings (SSSR count). The summed E-state index contributed by atoms with van der Waals surface area (Å²) in [6, 6.07) is 5.42. The molecule has 0 unspecified atom stereocenters. The molecule has 3 N–H and O–H groups in total. The van der Waals surface area contributed by atoms with Crippen molar-refractivity contribution in [2.45, 2.75) is 39.3 Å². The zero-order valence-corrected chi connectivity index (χ0v) is 11.1. The van der Waals surface area contributed by atoms with Crippen LogP contribution in [0.25, 0.3) is 0 Å². The van der Waals surface area contributed by atoms with Gasteiger partial charge in [0.15, 0.2) is 0 Å². The third kappa shape index (κ3) is 4.45. The Bertz CT molecular complexity index is 389. The first-order chi connectivity index (χ1) is 8.40. The zero-order chi connectivity index (χ0) is 13.7. The van der Waals surface area contributed by atoms with Gasteiger partial charge < -0.3 is 11.1 Å². The number of carbonyl (C=O) groups is 1. The Morgan fingerprint density at radius 3 is 2.33 bits per heavy atom. The van der Waals surface area contributed by atoms with Crippen molar-refractivity contribution in [3.63, 3.8) is 0 Å². The van der Waals surface area contributed by atoms with E-state index in [1.54, 1.807) is 12.1 Å². The lowest BCUT2D eigenvalue weighted by molar-refractivity contribution is -0.123. The second kappa shape index (κ2) is 6.50. The first-order valence-corrected chi connectivity index (χ1v) is 6.21. The van der Waals surface area contributed by atoms with Crippen LogP contribution in [0.1, 0.15) is 38.8 Å². The number of amides is 1. The van der Waals surface area contributed by atoms with Crippen molar-refractivity contribution in [2.75, 3.05) is 0 Å². The number of hydrogen-bond donors (Lipinski definition) is 2. The van der Waals surface area contributed by atoms with Crippen LogP contribution in [0.2, 0.25) is 0 Å². The van der Waals surface area contributed by atoms with Crippen LogP contribution in [0.3, 0.4) is 0 Å². The molecule has 0 radical (unpaired) electrons. The molecule has 0 bridgehead atoms. The second-order valence-electron chi connectivity index (χ2n) is 5.02. The lowest BCUT2D eigenvalue weighted by Crippen LogP contribution is -2.42. The first-order valence-electron chi connectivity index (χ1n) is 6.21. The van der Waals surface area contributed by atoms with E-state index in [2.05, 4.69) is 5.32 Å². The highest BCUT2D eigenvalue weighted by molar-refractivity contribution is 5.81. The van der Waals surface area contributed by atoms with E-state index >= 15 is 0 Å². The molecule has 0 saturated heterocycles. The Balaban J connectivity index is 2.56. The molecule has 0 aliphatic heterocycles. The number of hydrogen-bond acceptors (Lipinski definition) is 2. The zero-order valence-electron chi connectivity index (χ0n) is 11.1. The summed E-state index contributed by atoms with van der Waals surface area (Å²) in [5, 5.41) is 2.83. The van der Waals surface area contributed by atoms with Crippen LogP contribution in [0.15, 0.2) is 24.3 Å². The minimum absolute atomic E-state index is 0.166. The SMILES string of the molecule is CC(C)C[C@H](N)C(=O)N[C@H](C)c1ccc(F)cc1. The summed E-state index contributed by atoms with van der Waals surface area (Å²) < 4.78 is 12.8. The molecule has 0 aromatic heterocycles. The summed E-state index contributed by atoms with van der Waals surface area (Å²) in [5.74, 6) is -0.0683. The first kappa shape index (κ1) is 14.6. The summed E-state index contributed by atoms with van der Waals surface area (Å²) in [4.78, 5) is 11.8. The van der Waals surface area contributed by atoms with Crippen molar-refractivity contribution in [3.05, 3.63) is 35.6 Å². The third-order valence-corrected chi connectivity index (χ3v) is 2.79. The van der Waals surface area contributed by atoms with E-state index in [1.165, 1.54) is 12.1 Å². The lowest BCUT2D eigenvalue weighted by Gasteiger charge is -2.19. The highest BCUT2D eigenvalue weighted by Crippen LogP contribution is 2.13. The summed E-state index contributed by atoms with van der Waals surface area (Å²) in [6.07, 6.45) is 0.655. The van der Waals surface area contributed by atoms with Crippen LogP contribution in [-0.2, 0) is 4.79 Å². The summed E-state index contributed by atoms with van der Waals surface area (Å²) in [6.45, 7) is 5.90. The fraction of sp³-hybridized carbons (Fsp3) is 0.500. The number of carbonyl (C=O) groups excluding carboxylic acids is 1. The Kier molecular flexibility index (Phi) is 5.28. The summed E-state index contributed by atoms with van der Waals surface area (Å²) >= 11 is 0. The maximum Gasteiger partial charge on any atom is 0.237 e. The molecular formula is C14H21FN2O. The molecule has 0 aliphatic carbocycles. The van der Waals surface area contributed by atoms with Crippen LogP contribution in [0, 0.1) is 11.7 Å². The molecule has 1 aromatic carbocycles. The number of nitrogens with one attached hydrogen (secondary N) is 1. The largest absolute Gasteiger partial charge is 0.348 e. The fourth-order valence-corrected chi connectivity index (χ4v) is 1.77.